The molecule has 3 heterocycles. The summed E-state index contributed by atoms with van der Waals surface area (Å²) in [5.41, 5.74) is 3.14. The van der Waals surface area contributed by atoms with Crippen molar-refractivity contribution < 1.29 is 13.5 Å². The summed E-state index contributed by atoms with van der Waals surface area (Å²) in [5.74, 6) is 0.425. The van der Waals surface area contributed by atoms with Crippen LogP contribution in [0.2, 0.25) is 0 Å². The van der Waals surface area contributed by atoms with Crippen molar-refractivity contribution in [2.45, 2.75) is 6.10 Å². The van der Waals surface area contributed by atoms with Crippen LogP contribution < -0.4 is 4.74 Å². The second-order valence-corrected chi connectivity index (χ2v) is 5.54. The van der Waals surface area contributed by atoms with Gasteiger partial charge in [-0.2, -0.15) is 0 Å². The van der Waals surface area contributed by atoms with Crippen molar-refractivity contribution in [3.05, 3.63) is 65.8 Å². The van der Waals surface area contributed by atoms with Gasteiger partial charge in [0.2, 0.25) is 12.5 Å². The Balaban J connectivity index is 1.71. The van der Waals surface area contributed by atoms with Gasteiger partial charge in [0.05, 0.1) is 27.6 Å². The van der Waals surface area contributed by atoms with Crippen molar-refractivity contribution in [1.82, 2.24) is 20.2 Å². The van der Waals surface area contributed by atoms with Gasteiger partial charge in [-0.3, -0.25) is 4.98 Å². The summed E-state index contributed by atoms with van der Waals surface area (Å²) < 4.78 is 25.3. The minimum Gasteiger partial charge on any atom is -0.474 e. The van der Waals surface area contributed by atoms with Crippen LogP contribution in [0.15, 0.2) is 52.9 Å². The molecule has 0 aliphatic heterocycles. The van der Waals surface area contributed by atoms with Gasteiger partial charge in [-0.15, -0.1) is 21.5 Å². The SMILES string of the molecule is Fc1ccc(C(Oc2ccc3ncsc3c2)c2nnco2)nc1. The van der Waals surface area contributed by atoms with Gasteiger partial charge in [-0.1, -0.05) is 0 Å². The van der Waals surface area contributed by atoms with Gasteiger partial charge in [0.1, 0.15) is 11.6 Å². The Morgan fingerprint density at radius 1 is 1.17 bits per heavy atom. The third kappa shape index (κ3) is 2.76. The minimum absolute atomic E-state index is 0.244. The van der Waals surface area contributed by atoms with Crippen LogP contribution in [0, 0.1) is 5.82 Å². The number of benzene rings is 1. The Morgan fingerprint density at radius 2 is 2.13 bits per heavy atom. The summed E-state index contributed by atoms with van der Waals surface area (Å²) in [6.45, 7) is 0. The van der Waals surface area contributed by atoms with E-state index >= 15 is 0 Å². The van der Waals surface area contributed by atoms with Gasteiger partial charge < -0.3 is 9.15 Å². The molecule has 0 amide bonds. The summed E-state index contributed by atoms with van der Waals surface area (Å²) in [5, 5.41) is 7.54. The highest BCUT2D eigenvalue weighted by Crippen LogP contribution is 2.29. The molecule has 0 aliphatic carbocycles. The van der Waals surface area contributed by atoms with E-state index in [2.05, 4.69) is 20.2 Å². The van der Waals surface area contributed by atoms with E-state index < -0.39 is 11.9 Å². The van der Waals surface area contributed by atoms with Crippen LogP contribution in [0.4, 0.5) is 4.39 Å². The average Bonchev–Trinajstić information content (AvgIpc) is 3.24. The fourth-order valence-electron chi connectivity index (χ4n) is 2.12. The highest BCUT2D eigenvalue weighted by molar-refractivity contribution is 7.16. The monoisotopic (exact) mass is 328 g/mol. The average molecular weight is 328 g/mol. The summed E-state index contributed by atoms with van der Waals surface area (Å²) in [7, 11) is 0. The molecule has 0 fully saturated rings. The van der Waals surface area contributed by atoms with E-state index in [-0.39, 0.29) is 5.89 Å². The van der Waals surface area contributed by atoms with Crippen molar-refractivity contribution in [3.63, 3.8) is 0 Å². The predicted octanol–water partition coefficient (Wildman–Crippen LogP) is 3.38. The molecule has 0 aliphatic rings. The van der Waals surface area contributed by atoms with E-state index in [0.717, 1.165) is 16.4 Å². The van der Waals surface area contributed by atoms with E-state index in [1.165, 1.54) is 29.9 Å². The molecule has 0 N–H and O–H groups in total. The number of rotatable bonds is 4. The zero-order valence-corrected chi connectivity index (χ0v) is 12.4. The lowest BCUT2D eigenvalue weighted by atomic mass is 10.2. The molecule has 4 aromatic rings. The Labute approximate surface area is 133 Å². The van der Waals surface area contributed by atoms with Crippen LogP contribution in [0.5, 0.6) is 5.75 Å². The van der Waals surface area contributed by atoms with Gasteiger partial charge in [0.15, 0.2) is 0 Å². The van der Waals surface area contributed by atoms with Crippen molar-refractivity contribution in [2.24, 2.45) is 0 Å². The Bertz CT molecular complexity index is 924. The van der Waals surface area contributed by atoms with Crippen molar-refractivity contribution in [1.29, 1.82) is 0 Å². The van der Waals surface area contributed by atoms with Gasteiger partial charge in [0, 0.05) is 0 Å². The number of hydrogen-bond donors (Lipinski definition) is 0. The summed E-state index contributed by atoms with van der Waals surface area (Å²) in [6, 6.07) is 8.37. The highest BCUT2D eigenvalue weighted by Gasteiger charge is 2.23. The number of aromatic nitrogens is 4. The van der Waals surface area contributed by atoms with E-state index in [9.17, 15) is 4.39 Å². The number of nitrogens with zero attached hydrogens (tertiary/aromatic N) is 4. The Morgan fingerprint density at radius 3 is 2.91 bits per heavy atom. The molecule has 1 aromatic carbocycles. The molecular formula is C15H9FN4O2S. The van der Waals surface area contributed by atoms with Gasteiger partial charge in [-0.25, -0.2) is 9.37 Å². The first-order valence-corrected chi connectivity index (χ1v) is 7.55. The minimum atomic E-state index is -0.719. The molecule has 0 saturated heterocycles. The van der Waals surface area contributed by atoms with Crippen LogP contribution in [0.25, 0.3) is 10.2 Å². The predicted molar refractivity (Wildman–Crippen MR) is 80.6 cm³/mol. The molecule has 23 heavy (non-hydrogen) atoms. The number of halogens is 1. The van der Waals surface area contributed by atoms with E-state index in [1.54, 1.807) is 11.6 Å². The summed E-state index contributed by atoms with van der Waals surface area (Å²) in [6.07, 6.45) is 1.61. The number of hydrogen-bond acceptors (Lipinski definition) is 7. The number of ether oxygens (including phenoxy) is 1. The highest BCUT2D eigenvalue weighted by atomic mass is 32.1. The quantitative estimate of drug-likeness (QED) is 0.572. The van der Waals surface area contributed by atoms with Gasteiger partial charge >= 0.3 is 0 Å². The lowest BCUT2D eigenvalue weighted by molar-refractivity contribution is 0.203. The molecule has 3 aromatic heterocycles. The first-order valence-electron chi connectivity index (χ1n) is 6.67. The second-order valence-electron chi connectivity index (χ2n) is 4.66. The maximum absolute atomic E-state index is 13.1. The van der Waals surface area contributed by atoms with Crippen LogP contribution >= 0.6 is 11.3 Å². The summed E-state index contributed by atoms with van der Waals surface area (Å²) >= 11 is 1.52. The molecule has 114 valence electrons. The van der Waals surface area contributed by atoms with E-state index in [0.29, 0.717) is 11.4 Å². The van der Waals surface area contributed by atoms with Crippen LogP contribution in [0.3, 0.4) is 0 Å². The lowest BCUT2D eigenvalue weighted by Crippen LogP contribution is -2.12. The Hall–Kier alpha value is -2.87. The molecule has 0 spiro atoms. The smallest absolute Gasteiger partial charge is 0.263 e. The maximum atomic E-state index is 13.1. The zero-order valence-electron chi connectivity index (χ0n) is 11.6. The van der Waals surface area contributed by atoms with Gasteiger partial charge in [0.25, 0.3) is 5.89 Å². The molecule has 6 nitrogen and oxygen atoms in total. The van der Waals surface area contributed by atoms with Crippen molar-refractivity contribution in [3.8, 4) is 5.75 Å². The van der Waals surface area contributed by atoms with E-state index in [1.807, 2.05) is 12.1 Å². The third-order valence-electron chi connectivity index (χ3n) is 3.18. The topological polar surface area (TPSA) is 73.9 Å². The van der Waals surface area contributed by atoms with E-state index in [4.69, 9.17) is 9.15 Å². The largest absolute Gasteiger partial charge is 0.474 e. The standard InChI is InChI=1S/C15H9FN4O2S/c16-9-1-3-12(17-6-9)14(15-20-19-7-21-15)22-10-2-4-11-13(5-10)23-8-18-11/h1-8,14H. The normalized spacial score (nSPS) is 12.4. The number of fused-ring (bicyclic) bond motifs is 1. The molecule has 0 radical (unpaired) electrons. The third-order valence-corrected chi connectivity index (χ3v) is 3.97. The number of pyridine rings is 1. The Kier molecular flexibility index (Phi) is 3.43. The van der Waals surface area contributed by atoms with Gasteiger partial charge in [-0.05, 0) is 30.3 Å². The van der Waals surface area contributed by atoms with Crippen LogP contribution in [0.1, 0.15) is 17.7 Å². The molecule has 4 rings (SSSR count). The molecule has 1 atom stereocenters. The van der Waals surface area contributed by atoms with Crippen molar-refractivity contribution in [2.75, 3.05) is 0 Å². The molecular weight excluding hydrogens is 319 g/mol. The first kappa shape index (κ1) is 13.8. The molecule has 8 heteroatoms. The maximum Gasteiger partial charge on any atom is 0.263 e. The molecule has 1 unspecified atom stereocenters. The molecule has 0 bridgehead atoms. The number of thiazole rings is 1. The fraction of sp³-hybridized carbons (Fsp3) is 0.0667. The van der Waals surface area contributed by atoms with Crippen LogP contribution in [-0.4, -0.2) is 20.2 Å². The van der Waals surface area contributed by atoms with Crippen molar-refractivity contribution >= 4 is 21.6 Å². The zero-order chi connectivity index (χ0) is 15.6. The first-order chi connectivity index (χ1) is 11.3. The molecule has 0 saturated carbocycles. The summed E-state index contributed by atoms with van der Waals surface area (Å²) in [4.78, 5) is 8.27. The fourth-order valence-corrected chi connectivity index (χ4v) is 2.83. The second kappa shape index (κ2) is 5.73. The lowest BCUT2D eigenvalue weighted by Gasteiger charge is -2.15. The van der Waals surface area contributed by atoms with Crippen LogP contribution in [-0.2, 0) is 0 Å².